The molecule has 2 heterocycles. The molecule has 0 atom stereocenters. The van der Waals surface area contributed by atoms with Crippen LogP contribution in [0.25, 0.3) is 0 Å². The number of nitrogens with zero attached hydrogens (tertiary/aromatic N) is 2. The summed E-state index contributed by atoms with van der Waals surface area (Å²) in [6.07, 6.45) is 3.75. The third-order valence-corrected chi connectivity index (χ3v) is 1.87. The molecule has 2 aromatic heterocycles. The van der Waals surface area contributed by atoms with E-state index in [1.54, 1.807) is 6.20 Å². The Bertz CT molecular complexity index is 415. The van der Waals surface area contributed by atoms with Crippen LogP contribution < -0.4 is 0 Å². The molecule has 14 heavy (non-hydrogen) atoms. The van der Waals surface area contributed by atoms with Crippen LogP contribution in [0.3, 0.4) is 0 Å². The Balaban J connectivity index is 2.19. The number of halogens is 1. The zero-order valence-electron chi connectivity index (χ0n) is 7.52. The van der Waals surface area contributed by atoms with E-state index >= 15 is 0 Å². The Hall–Kier alpha value is -1.77. The normalized spacial score (nSPS) is 10.1. The molecule has 0 unspecified atom stereocenters. The first-order valence-electron chi connectivity index (χ1n) is 4.35. The van der Waals surface area contributed by atoms with Crippen molar-refractivity contribution in [2.24, 2.45) is 0 Å². The monoisotopic (exact) mass is 188 g/mol. The highest BCUT2D eigenvalue weighted by atomic mass is 19.1. The molecule has 0 amide bonds. The van der Waals surface area contributed by atoms with Gasteiger partial charge in [0.25, 0.3) is 0 Å². The van der Waals surface area contributed by atoms with Crippen LogP contribution in [0.4, 0.5) is 4.39 Å². The summed E-state index contributed by atoms with van der Waals surface area (Å²) in [5, 5.41) is 0. The Morgan fingerprint density at radius 3 is 2.57 bits per heavy atom. The maximum absolute atomic E-state index is 12.8. The van der Waals surface area contributed by atoms with E-state index in [1.165, 1.54) is 18.3 Å². The molecule has 0 aromatic carbocycles. The summed E-state index contributed by atoms with van der Waals surface area (Å²) in [4.78, 5) is 8.20. The highest BCUT2D eigenvalue weighted by Crippen LogP contribution is 2.05. The summed E-state index contributed by atoms with van der Waals surface area (Å²) in [5.41, 5.74) is 1.59. The fourth-order valence-corrected chi connectivity index (χ4v) is 1.23. The van der Waals surface area contributed by atoms with Crippen LogP contribution in [0.1, 0.15) is 11.4 Å². The molecule has 0 aliphatic heterocycles. The van der Waals surface area contributed by atoms with Gasteiger partial charge in [0.05, 0.1) is 0 Å². The highest BCUT2D eigenvalue weighted by molar-refractivity contribution is 5.15. The van der Waals surface area contributed by atoms with Gasteiger partial charge in [-0.2, -0.15) is 0 Å². The van der Waals surface area contributed by atoms with E-state index in [9.17, 15) is 4.39 Å². The topological polar surface area (TPSA) is 25.8 Å². The van der Waals surface area contributed by atoms with Crippen molar-refractivity contribution in [3.05, 3.63) is 59.9 Å². The first-order valence-corrected chi connectivity index (χ1v) is 4.35. The van der Waals surface area contributed by atoms with E-state index in [0.717, 1.165) is 5.69 Å². The fraction of sp³-hybridized carbons (Fsp3) is 0.0909. The summed E-state index contributed by atoms with van der Waals surface area (Å²) < 4.78 is 12.8. The Kier molecular flexibility index (Phi) is 2.49. The SMILES string of the molecule is Fc1ccnc(Cc2ccccn2)c1. The van der Waals surface area contributed by atoms with Gasteiger partial charge >= 0.3 is 0 Å². The second-order valence-electron chi connectivity index (χ2n) is 2.96. The zero-order valence-corrected chi connectivity index (χ0v) is 7.52. The molecule has 0 N–H and O–H groups in total. The summed E-state index contributed by atoms with van der Waals surface area (Å²) >= 11 is 0. The van der Waals surface area contributed by atoms with Crippen LogP contribution in [-0.2, 0) is 6.42 Å². The Labute approximate surface area is 81.5 Å². The molecule has 3 heteroatoms. The molecule has 0 aliphatic carbocycles. The van der Waals surface area contributed by atoms with Crippen LogP contribution in [0.2, 0.25) is 0 Å². The van der Waals surface area contributed by atoms with E-state index < -0.39 is 0 Å². The van der Waals surface area contributed by atoms with Crippen molar-refractivity contribution in [3.8, 4) is 0 Å². The summed E-state index contributed by atoms with van der Waals surface area (Å²) in [7, 11) is 0. The zero-order chi connectivity index (χ0) is 9.80. The van der Waals surface area contributed by atoms with Gasteiger partial charge in [0.1, 0.15) is 5.82 Å². The lowest BCUT2D eigenvalue weighted by atomic mass is 10.2. The van der Waals surface area contributed by atoms with Gasteiger partial charge in [-0.25, -0.2) is 4.39 Å². The molecule has 0 spiro atoms. The molecular formula is C11H9FN2. The van der Waals surface area contributed by atoms with E-state index in [-0.39, 0.29) is 5.82 Å². The molecule has 0 aliphatic rings. The van der Waals surface area contributed by atoms with Crippen LogP contribution in [0.5, 0.6) is 0 Å². The summed E-state index contributed by atoms with van der Waals surface area (Å²) in [6.45, 7) is 0. The lowest BCUT2D eigenvalue weighted by Gasteiger charge is -1.99. The van der Waals surface area contributed by atoms with Crippen molar-refractivity contribution >= 4 is 0 Å². The number of hydrogen-bond donors (Lipinski definition) is 0. The second kappa shape index (κ2) is 3.96. The molecular weight excluding hydrogens is 179 g/mol. The van der Waals surface area contributed by atoms with Crippen molar-refractivity contribution in [1.82, 2.24) is 9.97 Å². The third-order valence-electron chi connectivity index (χ3n) is 1.87. The van der Waals surface area contributed by atoms with E-state index in [4.69, 9.17) is 0 Å². The summed E-state index contributed by atoms with van der Waals surface area (Å²) in [6, 6.07) is 8.41. The second-order valence-corrected chi connectivity index (χ2v) is 2.96. The van der Waals surface area contributed by atoms with Gasteiger partial charge in [-0.05, 0) is 24.3 Å². The number of hydrogen-bond acceptors (Lipinski definition) is 2. The fourth-order valence-electron chi connectivity index (χ4n) is 1.23. The number of aromatic nitrogens is 2. The quantitative estimate of drug-likeness (QED) is 0.722. The molecule has 0 bridgehead atoms. The summed E-state index contributed by atoms with van der Waals surface area (Å²) in [5.74, 6) is -0.258. The highest BCUT2D eigenvalue weighted by Gasteiger charge is 1.99. The van der Waals surface area contributed by atoms with Gasteiger partial charge < -0.3 is 0 Å². The van der Waals surface area contributed by atoms with E-state index in [2.05, 4.69) is 9.97 Å². The lowest BCUT2D eigenvalue weighted by molar-refractivity contribution is 0.622. The molecule has 0 fully saturated rings. The predicted octanol–water partition coefficient (Wildman–Crippen LogP) is 2.21. The molecule has 0 saturated heterocycles. The van der Waals surface area contributed by atoms with Crippen molar-refractivity contribution in [1.29, 1.82) is 0 Å². The predicted molar refractivity (Wildman–Crippen MR) is 51.2 cm³/mol. The minimum Gasteiger partial charge on any atom is -0.261 e. The smallest absolute Gasteiger partial charge is 0.126 e. The average molecular weight is 188 g/mol. The first-order chi connectivity index (χ1) is 6.84. The maximum Gasteiger partial charge on any atom is 0.126 e. The van der Waals surface area contributed by atoms with Crippen molar-refractivity contribution < 1.29 is 4.39 Å². The largest absolute Gasteiger partial charge is 0.261 e. The molecule has 70 valence electrons. The Morgan fingerprint density at radius 1 is 1.00 bits per heavy atom. The molecule has 0 radical (unpaired) electrons. The van der Waals surface area contributed by atoms with Crippen LogP contribution in [0, 0.1) is 5.82 Å². The molecule has 2 nitrogen and oxygen atoms in total. The van der Waals surface area contributed by atoms with E-state index in [0.29, 0.717) is 12.1 Å². The third kappa shape index (κ3) is 2.13. The molecule has 0 saturated carbocycles. The van der Waals surface area contributed by atoms with Crippen molar-refractivity contribution in [2.75, 3.05) is 0 Å². The minimum atomic E-state index is -0.258. The Morgan fingerprint density at radius 2 is 1.86 bits per heavy atom. The molecule has 2 rings (SSSR count). The van der Waals surface area contributed by atoms with Crippen LogP contribution in [0.15, 0.2) is 42.7 Å². The average Bonchev–Trinajstić information content (AvgIpc) is 2.19. The molecule has 2 aromatic rings. The van der Waals surface area contributed by atoms with Gasteiger partial charge in [0, 0.05) is 30.2 Å². The van der Waals surface area contributed by atoms with Gasteiger partial charge in [-0.15, -0.1) is 0 Å². The number of pyridine rings is 2. The standard InChI is InChI=1S/C11H9FN2/c12-9-4-6-14-11(7-9)8-10-3-1-2-5-13-10/h1-7H,8H2. The maximum atomic E-state index is 12.8. The van der Waals surface area contributed by atoms with Crippen molar-refractivity contribution in [3.63, 3.8) is 0 Å². The lowest BCUT2D eigenvalue weighted by Crippen LogP contribution is -1.94. The van der Waals surface area contributed by atoms with Gasteiger partial charge in [-0.1, -0.05) is 6.07 Å². The van der Waals surface area contributed by atoms with Gasteiger partial charge in [0.15, 0.2) is 0 Å². The van der Waals surface area contributed by atoms with Crippen molar-refractivity contribution in [2.45, 2.75) is 6.42 Å². The van der Waals surface area contributed by atoms with Gasteiger partial charge in [-0.3, -0.25) is 9.97 Å². The minimum absolute atomic E-state index is 0.258. The van der Waals surface area contributed by atoms with Crippen LogP contribution in [-0.4, -0.2) is 9.97 Å². The number of rotatable bonds is 2. The first kappa shape index (κ1) is 8.81. The van der Waals surface area contributed by atoms with Crippen LogP contribution >= 0.6 is 0 Å². The van der Waals surface area contributed by atoms with Gasteiger partial charge in [0.2, 0.25) is 0 Å². The van der Waals surface area contributed by atoms with E-state index in [1.807, 2.05) is 18.2 Å².